The van der Waals surface area contributed by atoms with Crippen LogP contribution in [0.2, 0.25) is 0 Å². The smallest absolute Gasteiger partial charge is 0.241 e. The highest BCUT2D eigenvalue weighted by molar-refractivity contribution is 5.32. The predicted octanol–water partition coefficient (Wildman–Crippen LogP) is 1.28. The van der Waals surface area contributed by atoms with Crippen molar-refractivity contribution < 1.29 is 14.6 Å². The van der Waals surface area contributed by atoms with Crippen LogP contribution in [0.15, 0.2) is 24.5 Å². The van der Waals surface area contributed by atoms with Crippen molar-refractivity contribution in [3.8, 4) is 11.8 Å². The van der Waals surface area contributed by atoms with Gasteiger partial charge in [-0.25, -0.2) is 4.98 Å². The van der Waals surface area contributed by atoms with Gasteiger partial charge >= 0.3 is 0 Å². The number of aliphatic hydroxyl groups excluding tert-OH is 1. The number of methoxy groups -OCH3 is 2. The second-order valence-electron chi connectivity index (χ2n) is 3.94. The van der Waals surface area contributed by atoms with Crippen LogP contribution in [0.3, 0.4) is 0 Å². The van der Waals surface area contributed by atoms with Crippen molar-refractivity contribution in [2.75, 3.05) is 14.2 Å². The maximum Gasteiger partial charge on any atom is 0.241 e. The Morgan fingerprint density at radius 3 is 2.63 bits per heavy atom. The molecule has 19 heavy (non-hydrogen) atoms. The number of hydrogen-bond acceptors (Lipinski definition) is 6. The van der Waals surface area contributed by atoms with Gasteiger partial charge in [-0.05, 0) is 24.6 Å². The van der Waals surface area contributed by atoms with Crippen molar-refractivity contribution in [2.24, 2.45) is 0 Å². The molecule has 1 atom stereocenters. The lowest BCUT2D eigenvalue weighted by atomic mass is 10.1. The highest BCUT2D eigenvalue weighted by Gasteiger charge is 2.19. The number of nitrogens with zero attached hydrogens (tertiary/aromatic N) is 3. The Kier molecular flexibility index (Phi) is 3.91. The van der Waals surface area contributed by atoms with Crippen LogP contribution in [-0.4, -0.2) is 34.3 Å². The molecule has 100 valence electrons. The summed E-state index contributed by atoms with van der Waals surface area (Å²) in [6.45, 7) is 1.85. The second-order valence-corrected chi connectivity index (χ2v) is 3.94. The molecule has 0 aliphatic carbocycles. The van der Waals surface area contributed by atoms with Crippen LogP contribution in [0.25, 0.3) is 0 Å². The van der Waals surface area contributed by atoms with Crippen molar-refractivity contribution >= 4 is 0 Å². The quantitative estimate of drug-likeness (QED) is 0.893. The molecule has 1 N–H and O–H groups in total. The minimum atomic E-state index is -0.921. The highest BCUT2D eigenvalue weighted by Crippen LogP contribution is 2.27. The van der Waals surface area contributed by atoms with E-state index in [-0.39, 0.29) is 5.88 Å². The average molecular weight is 261 g/mol. The van der Waals surface area contributed by atoms with Gasteiger partial charge in [-0.15, -0.1) is 0 Å². The van der Waals surface area contributed by atoms with Crippen LogP contribution in [0, 0.1) is 6.92 Å². The molecule has 6 heteroatoms. The van der Waals surface area contributed by atoms with E-state index in [0.29, 0.717) is 17.1 Å². The van der Waals surface area contributed by atoms with Crippen molar-refractivity contribution in [1.82, 2.24) is 15.0 Å². The zero-order valence-corrected chi connectivity index (χ0v) is 11.0. The fraction of sp³-hybridized carbons (Fsp3) is 0.308. The van der Waals surface area contributed by atoms with Crippen LogP contribution < -0.4 is 9.47 Å². The van der Waals surface area contributed by atoms with Gasteiger partial charge < -0.3 is 14.6 Å². The van der Waals surface area contributed by atoms with E-state index >= 15 is 0 Å². The van der Waals surface area contributed by atoms with E-state index < -0.39 is 6.10 Å². The predicted molar refractivity (Wildman–Crippen MR) is 68.2 cm³/mol. The summed E-state index contributed by atoms with van der Waals surface area (Å²) in [4.78, 5) is 12.3. The first-order valence-electron chi connectivity index (χ1n) is 5.71. The molecule has 1 unspecified atom stereocenters. The lowest BCUT2D eigenvalue weighted by Gasteiger charge is -2.14. The molecule has 0 radical (unpaired) electrons. The van der Waals surface area contributed by atoms with Crippen LogP contribution >= 0.6 is 0 Å². The summed E-state index contributed by atoms with van der Waals surface area (Å²) in [5.74, 6) is 0.569. The van der Waals surface area contributed by atoms with Gasteiger partial charge in [0.05, 0.1) is 20.4 Å². The first-order chi connectivity index (χ1) is 9.15. The third kappa shape index (κ3) is 2.79. The Balaban J connectivity index is 2.40. The van der Waals surface area contributed by atoms with E-state index in [2.05, 4.69) is 15.0 Å². The lowest BCUT2D eigenvalue weighted by molar-refractivity contribution is 0.206. The van der Waals surface area contributed by atoms with E-state index in [4.69, 9.17) is 9.47 Å². The molecule has 6 nitrogen and oxygen atoms in total. The van der Waals surface area contributed by atoms with Gasteiger partial charge in [-0.3, -0.25) is 4.98 Å². The van der Waals surface area contributed by atoms with Gasteiger partial charge in [-0.1, -0.05) is 0 Å². The summed E-state index contributed by atoms with van der Waals surface area (Å²) >= 11 is 0. The number of pyridine rings is 1. The molecule has 0 fully saturated rings. The van der Waals surface area contributed by atoms with E-state index in [9.17, 15) is 5.11 Å². The van der Waals surface area contributed by atoms with E-state index in [1.165, 1.54) is 20.4 Å². The highest BCUT2D eigenvalue weighted by atomic mass is 16.5. The largest absolute Gasteiger partial charge is 0.480 e. The molecule has 0 bridgehead atoms. The Hall–Kier alpha value is -2.21. The molecule has 0 saturated carbocycles. The van der Waals surface area contributed by atoms with Crippen molar-refractivity contribution in [2.45, 2.75) is 13.0 Å². The van der Waals surface area contributed by atoms with Crippen LogP contribution in [0.5, 0.6) is 11.8 Å². The van der Waals surface area contributed by atoms with Crippen LogP contribution in [-0.2, 0) is 0 Å². The molecule has 2 heterocycles. The van der Waals surface area contributed by atoms with E-state index in [0.717, 1.165) is 5.69 Å². The second kappa shape index (κ2) is 5.62. The molecular formula is C13H15N3O3. The van der Waals surface area contributed by atoms with Gasteiger partial charge in [-0.2, -0.15) is 4.98 Å². The third-order valence-corrected chi connectivity index (χ3v) is 2.64. The summed E-state index contributed by atoms with van der Waals surface area (Å²) in [6, 6.07) is 3.51. The topological polar surface area (TPSA) is 77.4 Å². The summed E-state index contributed by atoms with van der Waals surface area (Å²) < 4.78 is 10.1. The normalized spacial score (nSPS) is 12.0. The SMILES string of the molecule is COc1cnc(C(O)c2ccnc(C)c2)c(OC)n1. The number of ether oxygens (including phenoxy) is 2. The van der Waals surface area contributed by atoms with Crippen LogP contribution in [0.4, 0.5) is 0 Å². The maximum atomic E-state index is 10.3. The van der Waals surface area contributed by atoms with Crippen LogP contribution in [0.1, 0.15) is 23.1 Å². The molecule has 2 aromatic heterocycles. The van der Waals surface area contributed by atoms with Gasteiger partial charge in [0.15, 0.2) is 0 Å². The molecule has 0 spiro atoms. The molecule has 0 saturated heterocycles. The molecule has 2 rings (SSSR count). The molecule has 0 amide bonds. The van der Waals surface area contributed by atoms with Crippen molar-refractivity contribution in [3.05, 3.63) is 41.5 Å². The van der Waals surface area contributed by atoms with Gasteiger partial charge in [0, 0.05) is 11.9 Å². The number of hydrogen-bond donors (Lipinski definition) is 1. The summed E-state index contributed by atoms with van der Waals surface area (Å²) in [5.41, 5.74) is 1.84. The van der Waals surface area contributed by atoms with Gasteiger partial charge in [0.25, 0.3) is 0 Å². The lowest BCUT2D eigenvalue weighted by Crippen LogP contribution is -2.07. The standard InChI is InChI=1S/C13H15N3O3/c1-8-6-9(4-5-14-8)12(17)11-13(19-3)16-10(18-2)7-15-11/h4-7,12,17H,1-3H3. The summed E-state index contributed by atoms with van der Waals surface area (Å²) in [6.07, 6.45) is 2.15. The Labute approximate surface area is 111 Å². The van der Waals surface area contributed by atoms with Gasteiger partial charge in [0.2, 0.25) is 11.8 Å². The Morgan fingerprint density at radius 2 is 2.00 bits per heavy atom. The molecule has 0 aliphatic heterocycles. The minimum absolute atomic E-state index is 0.237. The minimum Gasteiger partial charge on any atom is -0.480 e. The number of aliphatic hydroxyl groups is 1. The third-order valence-electron chi connectivity index (χ3n) is 2.64. The number of rotatable bonds is 4. The molecular weight excluding hydrogens is 246 g/mol. The zero-order valence-electron chi connectivity index (χ0n) is 11.0. The average Bonchev–Trinajstić information content (AvgIpc) is 2.45. The molecule has 0 aromatic carbocycles. The zero-order chi connectivity index (χ0) is 13.8. The fourth-order valence-corrected chi connectivity index (χ4v) is 1.70. The van der Waals surface area contributed by atoms with Gasteiger partial charge in [0.1, 0.15) is 11.8 Å². The molecule has 2 aromatic rings. The molecule has 0 aliphatic rings. The number of aromatic nitrogens is 3. The first kappa shape index (κ1) is 13.2. The first-order valence-corrected chi connectivity index (χ1v) is 5.71. The fourth-order valence-electron chi connectivity index (χ4n) is 1.70. The van der Waals surface area contributed by atoms with Crippen molar-refractivity contribution in [1.29, 1.82) is 0 Å². The Morgan fingerprint density at radius 1 is 1.21 bits per heavy atom. The summed E-state index contributed by atoms with van der Waals surface area (Å²) in [5, 5.41) is 10.3. The van der Waals surface area contributed by atoms with E-state index in [1.54, 1.807) is 18.3 Å². The summed E-state index contributed by atoms with van der Waals surface area (Å²) in [7, 11) is 2.96. The number of aryl methyl sites for hydroxylation is 1. The van der Waals surface area contributed by atoms with E-state index in [1.807, 2.05) is 6.92 Å². The maximum absolute atomic E-state index is 10.3. The van der Waals surface area contributed by atoms with Crippen molar-refractivity contribution in [3.63, 3.8) is 0 Å². The Bertz CT molecular complexity index is 575. The monoisotopic (exact) mass is 261 g/mol.